The van der Waals surface area contributed by atoms with Crippen molar-refractivity contribution in [3.8, 4) is 5.88 Å². The fourth-order valence-electron chi connectivity index (χ4n) is 6.24. The van der Waals surface area contributed by atoms with Crippen molar-refractivity contribution in [3.63, 3.8) is 0 Å². The molecule has 6 rings (SSSR count). The van der Waals surface area contributed by atoms with Gasteiger partial charge in [-0.3, -0.25) is 9.89 Å². The van der Waals surface area contributed by atoms with Crippen molar-refractivity contribution in [1.29, 1.82) is 0 Å². The lowest BCUT2D eigenvalue weighted by molar-refractivity contribution is -0.141. The minimum Gasteiger partial charge on any atom is -0.474 e. The monoisotopic (exact) mass is 545 g/mol. The first kappa shape index (κ1) is 26.3. The number of likely N-dealkylation sites (tertiary alicyclic amines) is 1. The fourth-order valence-corrected chi connectivity index (χ4v) is 6.24. The largest absolute Gasteiger partial charge is 0.474 e. The van der Waals surface area contributed by atoms with Gasteiger partial charge in [0.15, 0.2) is 0 Å². The maximum Gasteiger partial charge on any atom is 0.433 e. The highest BCUT2D eigenvalue weighted by Crippen LogP contribution is 2.37. The standard InChI is InChI=1S/C27H34F3N7O2/c1-35-14-18(25-22-2-6-31-26(22)33-16-32-25)15-37(35)20-12-19(13-20)36-7-3-21(4-8-36)39-24-11-17(5-9-38)10-23(34-24)27(28,29)30/h2,6,10-11,15-16,19-22,25,38H,3-5,7-9,12-14H2,1H3,(H,31,32,33)/t19-,20+,22?,25?. The van der Waals surface area contributed by atoms with Crippen molar-refractivity contribution < 1.29 is 23.0 Å². The predicted molar refractivity (Wildman–Crippen MR) is 140 cm³/mol. The number of aliphatic hydroxyl groups is 1. The molecule has 5 aliphatic rings. The number of hydrogen-bond donors (Lipinski definition) is 2. The summed E-state index contributed by atoms with van der Waals surface area (Å²) in [5.74, 6) is 1.13. The molecule has 210 valence electrons. The van der Waals surface area contributed by atoms with E-state index >= 15 is 0 Å². The summed E-state index contributed by atoms with van der Waals surface area (Å²) in [6.45, 7) is 2.32. The number of nitrogens with one attached hydrogen (secondary N) is 1. The summed E-state index contributed by atoms with van der Waals surface area (Å²) in [6, 6.07) is 3.51. The van der Waals surface area contributed by atoms with Crippen molar-refractivity contribution in [2.45, 2.75) is 62.5 Å². The number of piperidine rings is 1. The van der Waals surface area contributed by atoms with Crippen molar-refractivity contribution in [3.05, 3.63) is 47.4 Å². The molecule has 0 aromatic carbocycles. The first-order chi connectivity index (χ1) is 18.8. The molecule has 2 unspecified atom stereocenters. The lowest BCUT2D eigenvalue weighted by Crippen LogP contribution is -2.57. The molecule has 5 heterocycles. The highest BCUT2D eigenvalue weighted by atomic mass is 19.4. The van der Waals surface area contributed by atoms with E-state index in [2.05, 4.69) is 54.5 Å². The van der Waals surface area contributed by atoms with Gasteiger partial charge in [-0.05, 0) is 55.5 Å². The second-order valence-corrected chi connectivity index (χ2v) is 11.0. The van der Waals surface area contributed by atoms with Gasteiger partial charge < -0.3 is 20.2 Å². The number of likely N-dealkylation sites (N-methyl/N-ethyl adjacent to an activating group) is 1. The van der Waals surface area contributed by atoms with Crippen molar-refractivity contribution in [2.24, 2.45) is 15.9 Å². The van der Waals surface area contributed by atoms with Crippen LogP contribution in [0.2, 0.25) is 0 Å². The lowest BCUT2D eigenvalue weighted by atomic mass is 9.84. The number of aliphatic hydroxyl groups excluding tert-OH is 1. The molecule has 9 nitrogen and oxygen atoms in total. The van der Waals surface area contributed by atoms with E-state index in [1.54, 1.807) is 6.34 Å². The molecule has 4 aliphatic heterocycles. The molecule has 1 saturated carbocycles. The summed E-state index contributed by atoms with van der Waals surface area (Å²) in [4.78, 5) is 15.2. The summed E-state index contributed by atoms with van der Waals surface area (Å²) < 4.78 is 45.7. The van der Waals surface area contributed by atoms with Crippen molar-refractivity contribution in [1.82, 2.24) is 25.2 Å². The smallest absolute Gasteiger partial charge is 0.433 e. The van der Waals surface area contributed by atoms with E-state index < -0.39 is 11.9 Å². The minimum absolute atomic E-state index is 0.0142. The number of ether oxygens (including phenoxy) is 1. The summed E-state index contributed by atoms with van der Waals surface area (Å²) in [6.07, 6.45) is 7.04. The average Bonchev–Trinajstić information content (AvgIpc) is 3.50. The Morgan fingerprint density at radius 1 is 1.15 bits per heavy atom. The SMILES string of the molecule is CN1CC(C2N=CN=C3NC=CC32)=CN1[C@H]1C[C@@H](N2CCC(Oc3cc(CCO)cc(C(F)(F)F)n3)CC2)C1. The number of hydrazine groups is 1. The predicted octanol–water partition coefficient (Wildman–Crippen LogP) is 2.60. The number of amidine groups is 1. The molecular weight excluding hydrogens is 511 g/mol. The second-order valence-electron chi connectivity index (χ2n) is 11.0. The third-order valence-electron chi connectivity index (χ3n) is 8.39. The lowest BCUT2D eigenvalue weighted by Gasteiger charge is -2.49. The quantitative estimate of drug-likeness (QED) is 0.545. The molecule has 1 aliphatic carbocycles. The number of nitrogens with zero attached hydrogens (tertiary/aromatic N) is 6. The Kier molecular flexibility index (Phi) is 7.11. The van der Waals surface area contributed by atoms with Crippen LogP contribution in [-0.2, 0) is 12.6 Å². The Morgan fingerprint density at radius 2 is 1.95 bits per heavy atom. The van der Waals surface area contributed by atoms with Crippen LogP contribution in [0.15, 0.2) is 46.2 Å². The Morgan fingerprint density at radius 3 is 2.69 bits per heavy atom. The van der Waals surface area contributed by atoms with Gasteiger partial charge in [0.1, 0.15) is 24.0 Å². The highest BCUT2D eigenvalue weighted by molar-refractivity contribution is 5.96. The summed E-state index contributed by atoms with van der Waals surface area (Å²) in [5, 5.41) is 17.0. The summed E-state index contributed by atoms with van der Waals surface area (Å²) in [7, 11) is 2.12. The number of rotatable bonds is 7. The van der Waals surface area contributed by atoms with Gasteiger partial charge in [0.25, 0.3) is 0 Å². The van der Waals surface area contributed by atoms with E-state index in [4.69, 9.17) is 4.74 Å². The molecule has 2 atom stereocenters. The first-order valence-electron chi connectivity index (χ1n) is 13.6. The van der Waals surface area contributed by atoms with Gasteiger partial charge in [-0.25, -0.2) is 15.0 Å². The van der Waals surface area contributed by atoms with Crippen LogP contribution in [0.5, 0.6) is 5.88 Å². The molecule has 39 heavy (non-hydrogen) atoms. The zero-order valence-corrected chi connectivity index (χ0v) is 21.9. The Balaban J connectivity index is 1.00. The molecule has 1 aromatic rings. The van der Waals surface area contributed by atoms with Gasteiger partial charge in [0.2, 0.25) is 5.88 Å². The van der Waals surface area contributed by atoms with Gasteiger partial charge in [-0.1, -0.05) is 6.08 Å². The van der Waals surface area contributed by atoms with E-state index in [9.17, 15) is 18.3 Å². The molecule has 0 radical (unpaired) electrons. The van der Waals surface area contributed by atoms with E-state index in [0.717, 1.165) is 57.2 Å². The van der Waals surface area contributed by atoms with Gasteiger partial charge in [0, 0.05) is 57.6 Å². The number of halogens is 3. The molecule has 0 amide bonds. The molecule has 1 saturated heterocycles. The zero-order chi connectivity index (χ0) is 27.1. The molecule has 12 heteroatoms. The van der Waals surface area contributed by atoms with Crippen LogP contribution in [0, 0.1) is 5.92 Å². The van der Waals surface area contributed by atoms with E-state index in [1.807, 2.05) is 6.20 Å². The van der Waals surface area contributed by atoms with Crippen LogP contribution < -0.4 is 10.1 Å². The summed E-state index contributed by atoms with van der Waals surface area (Å²) >= 11 is 0. The zero-order valence-electron chi connectivity index (χ0n) is 21.9. The van der Waals surface area contributed by atoms with E-state index in [0.29, 0.717) is 17.6 Å². The van der Waals surface area contributed by atoms with Crippen LogP contribution in [0.25, 0.3) is 0 Å². The van der Waals surface area contributed by atoms with Gasteiger partial charge in [0.05, 0.1) is 12.0 Å². The van der Waals surface area contributed by atoms with Crippen LogP contribution in [0.1, 0.15) is 36.9 Å². The van der Waals surface area contributed by atoms with Gasteiger partial charge in [-0.15, -0.1) is 0 Å². The van der Waals surface area contributed by atoms with Crippen LogP contribution in [0.3, 0.4) is 0 Å². The van der Waals surface area contributed by atoms with Gasteiger partial charge >= 0.3 is 6.18 Å². The number of fused-ring (bicyclic) bond motifs is 1. The Labute approximate surface area is 225 Å². The third kappa shape index (κ3) is 5.42. The maximum atomic E-state index is 13.3. The van der Waals surface area contributed by atoms with Crippen LogP contribution >= 0.6 is 0 Å². The number of hydrogen-bond acceptors (Lipinski definition) is 9. The Hall–Kier alpha value is -2.96. The normalized spacial score (nSPS) is 29.6. The number of pyridine rings is 1. The highest BCUT2D eigenvalue weighted by Gasteiger charge is 2.42. The second kappa shape index (κ2) is 10.5. The number of aliphatic imine (C=N–C) groups is 2. The van der Waals surface area contributed by atoms with E-state index in [1.165, 1.54) is 11.6 Å². The average molecular weight is 546 g/mol. The van der Waals surface area contributed by atoms with E-state index in [-0.39, 0.29) is 37.0 Å². The van der Waals surface area contributed by atoms with Crippen LogP contribution in [0.4, 0.5) is 13.2 Å². The number of alkyl halides is 3. The first-order valence-corrected chi connectivity index (χ1v) is 13.6. The molecule has 2 N–H and O–H groups in total. The molecule has 0 bridgehead atoms. The third-order valence-corrected chi connectivity index (χ3v) is 8.39. The summed E-state index contributed by atoms with van der Waals surface area (Å²) in [5.41, 5.74) is 0.689. The van der Waals surface area contributed by atoms with Gasteiger partial charge in [-0.2, -0.15) is 13.2 Å². The molecule has 0 spiro atoms. The molecule has 1 aromatic heterocycles. The van der Waals surface area contributed by atoms with Crippen molar-refractivity contribution >= 4 is 12.2 Å². The topological polar surface area (TPSA) is 88.8 Å². The molecular formula is C27H34F3N7O2. The van der Waals surface area contributed by atoms with Crippen LogP contribution in [-0.4, -0.2) is 94.7 Å². The molecule has 2 fully saturated rings. The maximum absolute atomic E-state index is 13.3. The fraction of sp³-hybridized carbons (Fsp3) is 0.593. The minimum atomic E-state index is -4.56. The number of aromatic nitrogens is 1. The Bertz CT molecular complexity index is 1190. The van der Waals surface area contributed by atoms with Crippen molar-refractivity contribution in [2.75, 3.05) is 33.3 Å².